The van der Waals surface area contributed by atoms with E-state index in [1.165, 1.54) is 12.1 Å². The van der Waals surface area contributed by atoms with Gasteiger partial charge in [0.25, 0.3) is 0 Å². The van der Waals surface area contributed by atoms with E-state index in [2.05, 4.69) is 15.9 Å². The van der Waals surface area contributed by atoms with Gasteiger partial charge in [-0.3, -0.25) is 0 Å². The first-order valence-electron chi connectivity index (χ1n) is 5.31. The van der Waals surface area contributed by atoms with E-state index in [0.717, 1.165) is 11.1 Å². The van der Waals surface area contributed by atoms with Gasteiger partial charge in [-0.05, 0) is 23.3 Å². The van der Waals surface area contributed by atoms with E-state index in [4.69, 9.17) is 0 Å². The molecule has 88 valence electrons. The van der Waals surface area contributed by atoms with E-state index >= 15 is 0 Å². The van der Waals surface area contributed by atoms with Crippen molar-refractivity contribution in [3.05, 3.63) is 71.5 Å². The topological polar surface area (TPSA) is 20.2 Å². The number of hydrogen-bond donors (Lipinski definition) is 1. The van der Waals surface area contributed by atoms with E-state index in [1.807, 2.05) is 30.3 Å². The van der Waals surface area contributed by atoms with Crippen LogP contribution in [0.2, 0.25) is 0 Å². The number of hydrogen-bond acceptors (Lipinski definition) is 1. The Hall–Kier alpha value is -1.19. The summed E-state index contributed by atoms with van der Waals surface area (Å²) in [6, 6.07) is 15.5. The van der Waals surface area contributed by atoms with E-state index in [9.17, 15) is 9.50 Å². The van der Waals surface area contributed by atoms with Gasteiger partial charge in [-0.2, -0.15) is 0 Å². The molecule has 0 aliphatic carbocycles. The van der Waals surface area contributed by atoms with Crippen molar-refractivity contribution in [2.24, 2.45) is 0 Å². The minimum Gasteiger partial charge on any atom is -0.387 e. The Morgan fingerprint density at radius 3 is 2.06 bits per heavy atom. The molecule has 1 nitrogen and oxygen atoms in total. The molecule has 0 saturated carbocycles. The molecule has 0 saturated heterocycles. The molecule has 0 fully saturated rings. The highest BCUT2D eigenvalue weighted by Gasteiger charge is 2.19. The van der Waals surface area contributed by atoms with Crippen molar-refractivity contribution in [2.45, 2.75) is 10.9 Å². The molecule has 3 heteroatoms. The van der Waals surface area contributed by atoms with Crippen LogP contribution in [0.5, 0.6) is 0 Å². The average Bonchev–Trinajstić information content (AvgIpc) is 2.39. The fourth-order valence-corrected chi connectivity index (χ4v) is 2.26. The lowest BCUT2D eigenvalue weighted by atomic mass is 10.0. The Morgan fingerprint density at radius 1 is 0.882 bits per heavy atom. The lowest BCUT2D eigenvalue weighted by Gasteiger charge is -2.18. The molecule has 1 N–H and O–H groups in total. The smallest absolute Gasteiger partial charge is 0.123 e. The lowest BCUT2D eigenvalue weighted by molar-refractivity contribution is 0.177. The Morgan fingerprint density at radius 2 is 1.47 bits per heavy atom. The van der Waals surface area contributed by atoms with Crippen LogP contribution in [0.25, 0.3) is 0 Å². The molecule has 0 unspecified atom stereocenters. The second kappa shape index (κ2) is 5.43. The first-order chi connectivity index (χ1) is 8.18. The number of aliphatic hydroxyl groups is 1. The SMILES string of the molecule is O[C@H](c1ccccc1)[C@H](Br)c1ccc(F)cc1. The average molecular weight is 295 g/mol. The zero-order valence-corrected chi connectivity index (χ0v) is 10.6. The van der Waals surface area contributed by atoms with Crippen LogP contribution in [-0.4, -0.2) is 5.11 Å². The summed E-state index contributed by atoms with van der Waals surface area (Å²) in [5.41, 5.74) is 1.68. The molecule has 17 heavy (non-hydrogen) atoms. The van der Waals surface area contributed by atoms with Gasteiger partial charge in [-0.1, -0.05) is 58.4 Å². The zero-order valence-electron chi connectivity index (χ0n) is 9.05. The minimum atomic E-state index is -0.651. The summed E-state index contributed by atoms with van der Waals surface area (Å²) < 4.78 is 12.8. The zero-order chi connectivity index (χ0) is 12.3. The normalized spacial score (nSPS) is 14.3. The molecule has 0 spiro atoms. The number of aliphatic hydroxyl groups excluding tert-OH is 1. The Kier molecular flexibility index (Phi) is 3.92. The van der Waals surface area contributed by atoms with E-state index < -0.39 is 6.10 Å². The van der Waals surface area contributed by atoms with E-state index in [1.54, 1.807) is 12.1 Å². The van der Waals surface area contributed by atoms with Crippen molar-refractivity contribution in [3.8, 4) is 0 Å². The van der Waals surface area contributed by atoms with Gasteiger partial charge >= 0.3 is 0 Å². The quantitative estimate of drug-likeness (QED) is 0.849. The molecular formula is C14H12BrFO. The third-order valence-corrected chi connectivity index (χ3v) is 3.64. The van der Waals surface area contributed by atoms with Crippen LogP contribution in [0.4, 0.5) is 4.39 Å². The number of benzene rings is 2. The maximum Gasteiger partial charge on any atom is 0.123 e. The summed E-state index contributed by atoms with van der Waals surface area (Å²) >= 11 is 3.44. The van der Waals surface area contributed by atoms with Crippen LogP contribution in [-0.2, 0) is 0 Å². The summed E-state index contributed by atoms with van der Waals surface area (Å²) in [6.07, 6.45) is -0.651. The third kappa shape index (κ3) is 2.93. The van der Waals surface area contributed by atoms with Crippen molar-refractivity contribution < 1.29 is 9.50 Å². The Labute approximate surface area is 108 Å². The molecule has 2 atom stereocenters. The minimum absolute atomic E-state index is 0.245. The van der Waals surface area contributed by atoms with Crippen LogP contribution >= 0.6 is 15.9 Å². The maximum absolute atomic E-state index is 12.8. The van der Waals surface area contributed by atoms with Crippen LogP contribution in [0.15, 0.2) is 54.6 Å². The van der Waals surface area contributed by atoms with E-state index in [-0.39, 0.29) is 10.6 Å². The largest absolute Gasteiger partial charge is 0.387 e. The molecule has 2 aromatic rings. The summed E-state index contributed by atoms with van der Waals surface area (Å²) in [5, 5.41) is 10.2. The second-order valence-electron chi connectivity index (χ2n) is 3.81. The summed E-state index contributed by atoms with van der Waals surface area (Å²) in [5.74, 6) is -0.275. The van der Waals surface area contributed by atoms with Crippen molar-refractivity contribution in [1.82, 2.24) is 0 Å². The van der Waals surface area contributed by atoms with Crippen molar-refractivity contribution in [3.63, 3.8) is 0 Å². The van der Waals surface area contributed by atoms with Crippen LogP contribution in [0.1, 0.15) is 22.1 Å². The molecule has 0 bridgehead atoms. The molecule has 2 rings (SSSR count). The Balaban J connectivity index is 2.20. The molecule has 2 aromatic carbocycles. The van der Waals surface area contributed by atoms with Gasteiger partial charge in [0.2, 0.25) is 0 Å². The van der Waals surface area contributed by atoms with Crippen molar-refractivity contribution >= 4 is 15.9 Å². The second-order valence-corrected chi connectivity index (χ2v) is 4.80. The molecule has 0 aromatic heterocycles. The lowest BCUT2D eigenvalue weighted by Crippen LogP contribution is -2.05. The van der Waals surface area contributed by atoms with Gasteiger partial charge in [0, 0.05) is 0 Å². The third-order valence-electron chi connectivity index (χ3n) is 2.61. The predicted molar refractivity (Wildman–Crippen MR) is 69.5 cm³/mol. The predicted octanol–water partition coefficient (Wildman–Crippen LogP) is 4.00. The van der Waals surface area contributed by atoms with Crippen LogP contribution < -0.4 is 0 Å². The van der Waals surface area contributed by atoms with Gasteiger partial charge in [0.05, 0.1) is 10.9 Å². The van der Waals surface area contributed by atoms with Crippen molar-refractivity contribution in [2.75, 3.05) is 0 Å². The number of alkyl halides is 1. The maximum atomic E-state index is 12.8. The number of rotatable bonds is 3. The van der Waals surface area contributed by atoms with Gasteiger partial charge in [0.1, 0.15) is 5.82 Å². The van der Waals surface area contributed by atoms with Crippen LogP contribution in [0.3, 0.4) is 0 Å². The molecule has 0 heterocycles. The fraction of sp³-hybridized carbons (Fsp3) is 0.143. The van der Waals surface area contributed by atoms with Gasteiger partial charge in [-0.25, -0.2) is 4.39 Å². The highest BCUT2D eigenvalue weighted by atomic mass is 79.9. The first kappa shape index (κ1) is 12.3. The highest BCUT2D eigenvalue weighted by molar-refractivity contribution is 9.09. The number of halogens is 2. The molecular weight excluding hydrogens is 283 g/mol. The van der Waals surface area contributed by atoms with Gasteiger partial charge in [-0.15, -0.1) is 0 Å². The van der Waals surface area contributed by atoms with Crippen LogP contribution in [0, 0.1) is 5.82 Å². The monoisotopic (exact) mass is 294 g/mol. The van der Waals surface area contributed by atoms with Gasteiger partial charge in [0.15, 0.2) is 0 Å². The van der Waals surface area contributed by atoms with Gasteiger partial charge < -0.3 is 5.11 Å². The molecule has 0 radical (unpaired) electrons. The van der Waals surface area contributed by atoms with Crippen molar-refractivity contribution in [1.29, 1.82) is 0 Å². The molecule has 0 amide bonds. The summed E-state index contributed by atoms with van der Waals surface area (Å²) in [4.78, 5) is -0.245. The Bertz CT molecular complexity index is 469. The summed E-state index contributed by atoms with van der Waals surface area (Å²) in [6.45, 7) is 0. The molecule has 0 aliphatic rings. The summed E-state index contributed by atoms with van der Waals surface area (Å²) in [7, 11) is 0. The fourth-order valence-electron chi connectivity index (χ4n) is 1.65. The van der Waals surface area contributed by atoms with E-state index in [0.29, 0.717) is 0 Å². The standard InChI is InChI=1S/C14H12BrFO/c15-13(10-6-8-12(16)9-7-10)14(17)11-4-2-1-3-5-11/h1-9,13-14,17H/t13-,14-/m1/s1. The first-order valence-corrected chi connectivity index (χ1v) is 6.22. The highest BCUT2D eigenvalue weighted by Crippen LogP contribution is 2.35. The molecule has 0 aliphatic heterocycles.